The number of benzene rings is 21. The van der Waals surface area contributed by atoms with Crippen LogP contribution >= 0.6 is 0 Å². The van der Waals surface area contributed by atoms with E-state index < -0.39 is 5.41 Å². The molecule has 0 fully saturated rings. The van der Waals surface area contributed by atoms with Crippen molar-refractivity contribution in [1.82, 2.24) is 44.9 Å². The highest BCUT2D eigenvalue weighted by Crippen LogP contribution is 2.66. The first-order valence-corrected chi connectivity index (χ1v) is 50.0. The molecule has 0 radical (unpaired) electrons. The normalized spacial score (nSPS) is 12.9. The van der Waals surface area contributed by atoms with E-state index in [1.54, 1.807) is 0 Å². The van der Waals surface area contributed by atoms with Crippen LogP contribution in [0.5, 0.6) is 0 Å². The number of hydrogen-bond acceptors (Lipinski definition) is 9. The van der Waals surface area contributed by atoms with Gasteiger partial charge in [0.2, 0.25) is 0 Å². The molecule has 686 valence electrons. The summed E-state index contributed by atoms with van der Waals surface area (Å²) in [5, 5.41) is 0. The first kappa shape index (κ1) is 86.7. The van der Waals surface area contributed by atoms with Crippen molar-refractivity contribution < 1.29 is 0 Å². The number of rotatable bonds is 14. The molecule has 29 rings (SSSR count). The van der Waals surface area contributed by atoms with E-state index in [1.165, 1.54) is 128 Å². The Morgan fingerprint density at radius 1 is 0.102 bits per heavy atom. The molecule has 5 aliphatic rings. The summed E-state index contributed by atoms with van der Waals surface area (Å²) >= 11 is 0. The molecule has 0 saturated carbocycles. The highest BCUT2D eigenvalue weighted by Gasteiger charge is 2.54. The first-order chi connectivity index (χ1) is 72.9. The van der Waals surface area contributed by atoms with Crippen LogP contribution in [0.15, 0.2) is 540 Å². The van der Waals surface area contributed by atoms with Gasteiger partial charge in [-0.15, -0.1) is 0 Å². The van der Waals surface area contributed by atoms with Crippen LogP contribution in [0.25, 0.3) is 192 Å². The van der Waals surface area contributed by atoms with Crippen molar-refractivity contribution in [2.24, 2.45) is 0 Å². The standard InChI is InChI=1S/2C46H29N3.C46H31N3/c1-3-14-30(15-4-1)43-47-44(31-16-5-2-6-17-31)49-45(48-43)34-19-13-18-32(28-34)33-26-27-38-37-22-9-12-25-41(37)46(42(38)29-33)39-23-10-7-20-35(39)36-21-8-11-24-40(36)46;1-3-14-31(15-4-1)43-47-44(32-16-5-2-6-17-32)49-45(48-43)33-28-26-30(27-29-33)34-21-13-25-41-42(34)37-20-9-12-24-40(37)46(41)38-22-10-7-18-35(38)36-19-8-11-23-39(36)46;1-5-16-32(17-6-1)43-47-44(33-18-7-2-8-19-33)49-45(48-43)36-21-15-20-34(30-36)35-28-29-40-39-26-13-14-27-41(39)46(42(40)31-35,37-22-9-3-10-23-37)38-24-11-4-12-25-38/h2*1-29H;1-31H. The van der Waals surface area contributed by atoms with Crippen molar-refractivity contribution in [2.75, 3.05) is 0 Å². The lowest BCUT2D eigenvalue weighted by molar-refractivity contribution is 0.769. The van der Waals surface area contributed by atoms with E-state index in [1.807, 2.05) is 182 Å². The molecule has 3 heterocycles. The quantitative estimate of drug-likeness (QED) is 0.105. The van der Waals surface area contributed by atoms with Gasteiger partial charge in [-0.25, -0.2) is 44.9 Å². The van der Waals surface area contributed by atoms with E-state index >= 15 is 0 Å². The maximum Gasteiger partial charge on any atom is 0.164 e. The van der Waals surface area contributed by atoms with Crippen molar-refractivity contribution in [3.8, 4) is 192 Å². The van der Waals surface area contributed by atoms with E-state index in [9.17, 15) is 0 Å². The van der Waals surface area contributed by atoms with Gasteiger partial charge in [-0.05, 0) is 180 Å². The molecule has 2 spiro atoms. The van der Waals surface area contributed by atoms with Crippen molar-refractivity contribution >= 4 is 0 Å². The molecule has 147 heavy (non-hydrogen) atoms. The van der Waals surface area contributed by atoms with Gasteiger partial charge in [-0.3, -0.25) is 0 Å². The fourth-order valence-corrected chi connectivity index (χ4v) is 23.6. The van der Waals surface area contributed by atoms with E-state index in [0.717, 1.165) is 77.9 Å². The van der Waals surface area contributed by atoms with Gasteiger partial charge < -0.3 is 0 Å². The molecule has 0 unspecified atom stereocenters. The number of fused-ring (bicyclic) bond motifs is 23. The Balaban J connectivity index is 0.000000109. The van der Waals surface area contributed by atoms with Gasteiger partial charge in [-0.2, -0.15) is 0 Å². The average molecular weight is 1870 g/mol. The third-order valence-electron chi connectivity index (χ3n) is 29.9. The predicted octanol–water partition coefficient (Wildman–Crippen LogP) is 32.7. The Hall–Kier alpha value is -19.4. The van der Waals surface area contributed by atoms with Gasteiger partial charge in [0.1, 0.15) is 0 Å². The molecule has 9 heteroatoms. The Kier molecular flexibility index (Phi) is 21.4. The lowest BCUT2D eigenvalue weighted by Gasteiger charge is -2.34. The zero-order valence-corrected chi connectivity index (χ0v) is 79.9. The summed E-state index contributed by atoms with van der Waals surface area (Å²) < 4.78 is 0. The minimum absolute atomic E-state index is 0.360. The summed E-state index contributed by atoms with van der Waals surface area (Å²) in [6, 6.07) is 192. The van der Waals surface area contributed by atoms with Crippen LogP contribution in [0.3, 0.4) is 0 Å². The topological polar surface area (TPSA) is 116 Å². The summed E-state index contributed by atoms with van der Waals surface area (Å²) in [4.78, 5) is 44.6. The molecule has 0 saturated heterocycles. The lowest BCUT2D eigenvalue weighted by Crippen LogP contribution is -2.28. The summed E-state index contributed by atoms with van der Waals surface area (Å²) in [6.07, 6.45) is 0. The molecule has 0 aliphatic heterocycles. The Morgan fingerprint density at radius 3 is 0.599 bits per heavy atom. The molecule has 3 aromatic heterocycles. The molecule has 0 amide bonds. The zero-order valence-electron chi connectivity index (χ0n) is 79.9. The smallest absolute Gasteiger partial charge is 0.164 e. The van der Waals surface area contributed by atoms with Crippen molar-refractivity contribution in [1.29, 1.82) is 0 Å². The molecule has 0 bridgehead atoms. The van der Waals surface area contributed by atoms with Crippen LogP contribution in [0, 0.1) is 0 Å². The minimum atomic E-state index is -0.453. The summed E-state index contributed by atoms with van der Waals surface area (Å²) in [7, 11) is 0. The molecule has 0 N–H and O–H groups in total. The molecule has 9 nitrogen and oxygen atoms in total. The van der Waals surface area contributed by atoms with Crippen molar-refractivity contribution in [2.45, 2.75) is 16.2 Å². The second-order valence-electron chi connectivity index (χ2n) is 37.9. The molecule has 21 aromatic carbocycles. The second-order valence-corrected chi connectivity index (χ2v) is 37.9. The largest absolute Gasteiger partial charge is 0.208 e. The molecular weight excluding hydrogens is 1780 g/mol. The van der Waals surface area contributed by atoms with Gasteiger partial charge in [0.15, 0.2) is 52.4 Å². The van der Waals surface area contributed by atoms with Crippen LogP contribution in [-0.2, 0) is 16.2 Å². The van der Waals surface area contributed by atoms with Crippen LogP contribution < -0.4 is 0 Å². The lowest BCUT2D eigenvalue weighted by atomic mass is 9.67. The fourth-order valence-electron chi connectivity index (χ4n) is 23.6. The van der Waals surface area contributed by atoms with Gasteiger partial charge in [-0.1, -0.05) is 516 Å². The maximum absolute atomic E-state index is 5.00. The minimum Gasteiger partial charge on any atom is -0.208 e. The molecule has 0 atom stereocenters. The highest BCUT2D eigenvalue weighted by molar-refractivity contribution is 6.02. The third-order valence-corrected chi connectivity index (χ3v) is 29.9. The number of aromatic nitrogens is 9. The fraction of sp³-hybridized carbons (Fsp3) is 0.0217. The molecule has 5 aliphatic carbocycles. The zero-order chi connectivity index (χ0) is 97.4. The maximum atomic E-state index is 5.00. The van der Waals surface area contributed by atoms with E-state index in [0.29, 0.717) is 52.4 Å². The van der Waals surface area contributed by atoms with E-state index in [-0.39, 0.29) is 10.8 Å². The van der Waals surface area contributed by atoms with Crippen LogP contribution in [-0.4, -0.2) is 44.9 Å². The van der Waals surface area contributed by atoms with Crippen molar-refractivity contribution in [3.05, 3.63) is 607 Å². The average Bonchev–Trinajstić information content (AvgIpc) is 1.51. The Bertz CT molecular complexity index is 8610. The molecule has 24 aromatic rings. The SMILES string of the molecule is c1ccc(-c2nc(-c3ccccc3)nc(-c3ccc(-c4cccc5c4-c4ccccc4C54c5ccccc5-c5ccccc54)cc3)n2)cc1.c1ccc(-c2nc(-c3ccccc3)nc(-c3cccc(-c4ccc5c(c4)C(c4ccccc4)(c4ccccc4)c4ccccc4-5)c3)n2)cc1.c1ccc(-c2nc(-c3ccccc3)nc(-c3cccc(-c4ccc5c(c4)C4(c6ccccc6-c6ccccc64)c4ccccc4-5)c3)n2)cc1. The monoisotopic (exact) mass is 1870 g/mol. The van der Waals surface area contributed by atoms with Gasteiger partial charge >= 0.3 is 0 Å². The second kappa shape index (κ2) is 36.3. The van der Waals surface area contributed by atoms with Crippen LogP contribution in [0.1, 0.15) is 66.8 Å². The van der Waals surface area contributed by atoms with E-state index in [2.05, 4.69) is 358 Å². The van der Waals surface area contributed by atoms with Crippen LogP contribution in [0.4, 0.5) is 0 Å². The first-order valence-electron chi connectivity index (χ1n) is 50.0. The highest BCUT2D eigenvalue weighted by atomic mass is 15.1. The van der Waals surface area contributed by atoms with Gasteiger partial charge in [0.05, 0.1) is 16.2 Å². The summed E-state index contributed by atoms with van der Waals surface area (Å²) in [5.74, 6) is 5.89. The van der Waals surface area contributed by atoms with Gasteiger partial charge in [0, 0.05) is 50.1 Å². The Morgan fingerprint density at radius 2 is 0.286 bits per heavy atom. The predicted molar refractivity (Wildman–Crippen MR) is 595 cm³/mol. The van der Waals surface area contributed by atoms with Crippen molar-refractivity contribution in [3.63, 3.8) is 0 Å². The van der Waals surface area contributed by atoms with Gasteiger partial charge in [0.25, 0.3) is 0 Å². The third kappa shape index (κ3) is 14.6. The van der Waals surface area contributed by atoms with E-state index in [4.69, 9.17) is 44.9 Å². The molecular formula is C138H89N9. The Labute approximate surface area is 853 Å². The van der Waals surface area contributed by atoms with Crippen LogP contribution in [0.2, 0.25) is 0 Å². The number of nitrogens with zero attached hydrogens (tertiary/aromatic N) is 9. The summed E-state index contributed by atoms with van der Waals surface area (Å²) in [6.45, 7) is 0. The summed E-state index contributed by atoms with van der Waals surface area (Å²) in [5.41, 5.74) is 43.2. The number of hydrogen-bond donors (Lipinski definition) is 0.